The van der Waals surface area contributed by atoms with E-state index in [1.807, 2.05) is 6.92 Å². The molecule has 2 fully saturated rings. The molecule has 0 aliphatic carbocycles. The summed E-state index contributed by atoms with van der Waals surface area (Å²) < 4.78 is 33.8. The zero-order chi connectivity index (χ0) is 12.0. The van der Waals surface area contributed by atoms with Crippen LogP contribution in [-0.2, 0) is 23.3 Å². The molecule has 0 amide bonds. The third-order valence-corrected chi connectivity index (χ3v) is 3.84. The predicted octanol–water partition coefficient (Wildman–Crippen LogP) is 1.11. The van der Waals surface area contributed by atoms with E-state index in [-0.39, 0.29) is 24.9 Å². The van der Waals surface area contributed by atoms with Crippen molar-refractivity contribution < 1.29 is 23.3 Å². The molecule has 2 saturated heterocycles. The van der Waals surface area contributed by atoms with Gasteiger partial charge in [0.2, 0.25) is 0 Å². The minimum absolute atomic E-state index is 0.00426. The third-order valence-electron chi connectivity index (χ3n) is 3.09. The fraction of sp³-hybridized carbons (Fsp3) is 1.00. The maximum atomic E-state index is 11.6. The lowest BCUT2D eigenvalue weighted by Gasteiger charge is -2.30. The van der Waals surface area contributed by atoms with E-state index in [0.29, 0.717) is 6.61 Å². The van der Waals surface area contributed by atoms with Gasteiger partial charge in [0, 0.05) is 20.4 Å². The molecule has 94 valence electrons. The van der Waals surface area contributed by atoms with Gasteiger partial charge in [-0.15, -0.1) is 0 Å². The first kappa shape index (κ1) is 12.5. The van der Waals surface area contributed by atoms with Crippen LogP contribution in [0.25, 0.3) is 0 Å². The van der Waals surface area contributed by atoms with Gasteiger partial charge in [0.1, 0.15) is 17.8 Å². The Labute approximate surface area is 95.8 Å². The second-order valence-electron chi connectivity index (χ2n) is 4.85. The van der Waals surface area contributed by atoms with Gasteiger partial charge in [-0.3, -0.25) is 4.57 Å². The number of hydrogen-bond acceptors (Lipinski definition) is 5. The first-order valence-electron chi connectivity index (χ1n) is 5.40. The molecular formula is C10H19O5P. The summed E-state index contributed by atoms with van der Waals surface area (Å²) in [6.45, 7) is 5.85. The second-order valence-corrected chi connectivity index (χ2v) is 7.61. The summed E-state index contributed by atoms with van der Waals surface area (Å²) in [5.74, 6) is 0. The Hall–Kier alpha value is 0.0700. The summed E-state index contributed by atoms with van der Waals surface area (Å²) >= 11 is 0. The Morgan fingerprint density at radius 3 is 2.69 bits per heavy atom. The largest absolute Gasteiger partial charge is 0.375 e. The van der Waals surface area contributed by atoms with E-state index < -0.39 is 13.0 Å². The molecule has 2 aliphatic rings. The summed E-state index contributed by atoms with van der Waals surface area (Å²) in [5.41, 5.74) is -0.583. The average molecular weight is 250 g/mol. The topological polar surface area (TPSA) is 54.0 Å². The summed E-state index contributed by atoms with van der Waals surface area (Å²) in [6, 6.07) is 0. The van der Waals surface area contributed by atoms with Crippen LogP contribution in [0.3, 0.4) is 0 Å². The maximum Gasteiger partial charge on any atom is 0.197 e. The minimum atomic E-state index is -2.50. The van der Waals surface area contributed by atoms with Crippen LogP contribution in [0.5, 0.6) is 0 Å². The van der Waals surface area contributed by atoms with E-state index in [4.69, 9.17) is 18.7 Å². The third kappa shape index (κ3) is 2.07. The minimum Gasteiger partial charge on any atom is -0.375 e. The van der Waals surface area contributed by atoms with Crippen molar-refractivity contribution >= 4 is 7.37 Å². The quantitative estimate of drug-likeness (QED) is 0.700. The first-order valence-corrected chi connectivity index (χ1v) is 7.92. The number of methoxy groups -OCH3 is 1. The van der Waals surface area contributed by atoms with Crippen molar-refractivity contribution in [3.8, 4) is 0 Å². The predicted molar refractivity (Wildman–Crippen MR) is 59.2 cm³/mol. The lowest BCUT2D eigenvalue weighted by Crippen LogP contribution is -2.45. The highest BCUT2D eigenvalue weighted by Gasteiger charge is 2.61. The van der Waals surface area contributed by atoms with Gasteiger partial charge in [0.25, 0.3) is 0 Å². The van der Waals surface area contributed by atoms with Crippen molar-refractivity contribution in [2.45, 2.75) is 30.8 Å². The molecule has 0 spiro atoms. The zero-order valence-corrected chi connectivity index (χ0v) is 11.0. The second kappa shape index (κ2) is 4.07. The highest BCUT2D eigenvalue weighted by Crippen LogP contribution is 2.45. The summed E-state index contributed by atoms with van der Waals surface area (Å²) in [7, 11) is -0.864. The van der Waals surface area contributed by atoms with Gasteiger partial charge in [-0.05, 0) is 6.92 Å². The van der Waals surface area contributed by atoms with Crippen molar-refractivity contribution in [3.63, 3.8) is 0 Å². The maximum absolute atomic E-state index is 11.6. The van der Waals surface area contributed by atoms with Crippen LogP contribution in [0.1, 0.15) is 6.92 Å². The van der Waals surface area contributed by atoms with Crippen LogP contribution in [0.4, 0.5) is 0 Å². The standard InChI is InChI=1S/C10H19O5P/c1-7-8-9(12-2)10(15-7,5-13-8)6-14-16(3,4)11/h7-9H,5-6H2,1-4H3. The van der Waals surface area contributed by atoms with Crippen molar-refractivity contribution in [1.29, 1.82) is 0 Å². The molecule has 2 heterocycles. The van der Waals surface area contributed by atoms with E-state index in [9.17, 15) is 4.57 Å². The molecule has 4 atom stereocenters. The average Bonchev–Trinajstić information content (AvgIpc) is 2.65. The fourth-order valence-corrected chi connectivity index (χ4v) is 2.93. The summed E-state index contributed by atoms with van der Waals surface area (Å²) in [6.07, 6.45) is -0.175. The van der Waals surface area contributed by atoms with Crippen molar-refractivity contribution in [1.82, 2.24) is 0 Å². The molecule has 0 aromatic rings. The van der Waals surface area contributed by atoms with E-state index in [1.165, 1.54) is 0 Å². The summed E-state index contributed by atoms with van der Waals surface area (Å²) in [4.78, 5) is 0. The molecule has 0 aromatic heterocycles. The molecule has 0 radical (unpaired) electrons. The van der Waals surface area contributed by atoms with Crippen LogP contribution >= 0.6 is 7.37 Å². The molecule has 2 aliphatic heterocycles. The van der Waals surface area contributed by atoms with E-state index in [2.05, 4.69) is 0 Å². The normalized spacial score (nSPS) is 42.9. The van der Waals surface area contributed by atoms with Gasteiger partial charge in [-0.1, -0.05) is 0 Å². The molecule has 6 heteroatoms. The Morgan fingerprint density at radius 2 is 2.19 bits per heavy atom. The highest BCUT2D eigenvalue weighted by molar-refractivity contribution is 7.57. The SMILES string of the molecule is COC1C2OCC1(COP(C)(C)=O)OC2C. The van der Waals surface area contributed by atoms with Crippen molar-refractivity contribution in [3.05, 3.63) is 0 Å². The Bertz CT molecular complexity index is 314. The van der Waals surface area contributed by atoms with E-state index in [1.54, 1.807) is 20.4 Å². The summed E-state index contributed by atoms with van der Waals surface area (Å²) in [5, 5.41) is 0. The molecule has 4 unspecified atom stereocenters. The van der Waals surface area contributed by atoms with Gasteiger partial charge >= 0.3 is 0 Å². The Balaban J connectivity index is 2.09. The number of fused-ring (bicyclic) bond motifs is 2. The molecule has 2 bridgehead atoms. The lowest BCUT2D eigenvalue weighted by atomic mass is 10.00. The molecule has 2 rings (SSSR count). The highest BCUT2D eigenvalue weighted by atomic mass is 31.2. The van der Waals surface area contributed by atoms with Gasteiger partial charge < -0.3 is 18.7 Å². The smallest absolute Gasteiger partial charge is 0.197 e. The van der Waals surface area contributed by atoms with Crippen molar-refractivity contribution in [2.24, 2.45) is 0 Å². The Kier molecular flexibility index (Phi) is 3.19. The van der Waals surface area contributed by atoms with Crippen LogP contribution in [0.2, 0.25) is 0 Å². The lowest BCUT2D eigenvalue weighted by molar-refractivity contribution is -0.152. The molecule has 0 N–H and O–H groups in total. The number of hydrogen-bond donors (Lipinski definition) is 0. The van der Waals surface area contributed by atoms with Crippen LogP contribution in [0.15, 0.2) is 0 Å². The molecule has 16 heavy (non-hydrogen) atoms. The molecule has 0 aromatic carbocycles. The zero-order valence-electron chi connectivity index (χ0n) is 10.1. The van der Waals surface area contributed by atoms with Gasteiger partial charge in [-0.25, -0.2) is 0 Å². The van der Waals surface area contributed by atoms with Gasteiger partial charge in [0.05, 0.1) is 19.3 Å². The fourth-order valence-electron chi connectivity index (χ4n) is 2.40. The number of rotatable bonds is 4. The monoisotopic (exact) mass is 250 g/mol. The Morgan fingerprint density at radius 1 is 1.50 bits per heavy atom. The molecular weight excluding hydrogens is 231 g/mol. The van der Waals surface area contributed by atoms with Crippen molar-refractivity contribution in [2.75, 3.05) is 33.7 Å². The van der Waals surface area contributed by atoms with E-state index in [0.717, 1.165) is 0 Å². The van der Waals surface area contributed by atoms with Crippen LogP contribution < -0.4 is 0 Å². The molecule has 0 saturated carbocycles. The van der Waals surface area contributed by atoms with E-state index >= 15 is 0 Å². The van der Waals surface area contributed by atoms with Crippen LogP contribution in [0, 0.1) is 0 Å². The molecule has 5 nitrogen and oxygen atoms in total. The van der Waals surface area contributed by atoms with Crippen LogP contribution in [-0.4, -0.2) is 57.6 Å². The van der Waals surface area contributed by atoms with Gasteiger partial charge in [-0.2, -0.15) is 0 Å². The van der Waals surface area contributed by atoms with Gasteiger partial charge in [0.15, 0.2) is 7.37 Å². The number of ether oxygens (including phenoxy) is 3. The first-order chi connectivity index (χ1) is 7.38.